The van der Waals surface area contributed by atoms with Gasteiger partial charge in [0.25, 0.3) is 0 Å². The predicted molar refractivity (Wildman–Crippen MR) is 110 cm³/mol. The molecule has 8 heteroatoms. The fourth-order valence-electron chi connectivity index (χ4n) is 3.57. The molecule has 2 atom stereocenters. The van der Waals surface area contributed by atoms with Gasteiger partial charge in [-0.15, -0.1) is 0 Å². The van der Waals surface area contributed by atoms with Gasteiger partial charge < -0.3 is 25.6 Å². The van der Waals surface area contributed by atoms with Crippen LogP contribution in [0.3, 0.4) is 0 Å². The number of nitrogens with zero attached hydrogens (tertiary/aromatic N) is 1. The average molecular weight is 417 g/mol. The molecule has 2 heterocycles. The van der Waals surface area contributed by atoms with Crippen molar-refractivity contribution in [3.05, 3.63) is 65.2 Å². The largest absolute Gasteiger partial charge is 0.478 e. The van der Waals surface area contributed by atoms with E-state index in [4.69, 9.17) is 32.3 Å². The zero-order chi connectivity index (χ0) is 21.0. The average Bonchev–Trinajstić information content (AvgIpc) is 2.82. The van der Waals surface area contributed by atoms with Gasteiger partial charge in [-0.3, -0.25) is 0 Å². The van der Waals surface area contributed by atoms with Crippen LogP contribution in [-0.4, -0.2) is 34.7 Å². The molecular weight excluding hydrogens is 396 g/mol. The number of hydrogen-bond acceptors (Lipinski definition) is 5. The lowest BCUT2D eigenvalue weighted by atomic mass is 9.90. The van der Waals surface area contributed by atoms with Crippen LogP contribution in [0.25, 0.3) is 0 Å². The summed E-state index contributed by atoms with van der Waals surface area (Å²) < 4.78 is 6.14. The van der Waals surface area contributed by atoms with Gasteiger partial charge >= 0.3 is 11.9 Å². The molecule has 4 rings (SSSR count). The highest BCUT2D eigenvalue weighted by atomic mass is 35.5. The summed E-state index contributed by atoms with van der Waals surface area (Å²) in [6.07, 6.45) is 3.24. The number of ether oxygens (including phenoxy) is 1. The number of carboxylic acids is 2. The highest BCUT2D eigenvalue weighted by Gasteiger charge is 2.36. The van der Waals surface area contributed by atoms with E-state index in [2.05, 4.69) is 11.0 Å². The van der Waals surface area contributed by atoms with Gasteiger partial charge in [0.1, 0.15) is 5.75 Å². The number of carbonyl (C=O) groups is 2. The first kappa shape index (κ1) is 20.7. The molecule has 0 bridgehead atoms. The molecule has 0 aromatic heterocycles. The van der Waals surface area contributed by atoms with E-state index in [1.54, 1.807) is 0 Å². The molecule has 0 saturated carbocycles. The Morgan fingerprint density at radius 1 is 1.10 bits per heavy atom. The Bertz CT molecular complexity index is 930. The Balaban J connectivity index is 0.000000258. The zero-order valence-electron chi connectivity index (χ0n) is 15.5. The summed E-state index contributed by atoms with van der Waals surface area (Å²) in [6.45, 7) is 0.976. The molecule has 0 aliphatic carbocycles. The van der Waals surface area contributed by atoms with Gasteiger partial charge in [0, 0.05) is 35.3 Å². The Morgan fingerprint density at radius 3 is 2.48 bits per heavy atom. The molecule has 7 nitrogen and oxygen atoms in total. The smallest absolute Gasteiger partial charge is 0.328 e. The van der Waals surface area contributed by atoms with Gasteiger partial charge in [0.2, 0.25) is 0 Å². The van der Waals surface area contributed by atoms with Gasteiger partial charge in [0.05, 0.1) is 11.7 Å². The van der Waals surface area contributed by atoms with Crippen molar-refractivity contribution in [1.29, 1.82) is 0 Å². The number of carboxylic acid groups (broad SMARTS) is 2. The number of anilines is 1. The SMILES string of the molecule is NC1CCCN2c3cc(Cl)ccc3Oc3ccccc3C12.O=C(O)/C=C\C(=O)O. The molecule has 2 aromatic rings. The lowest BCUT2D eigenvalue weighted by Crippen LogP contribution is -2.45. The van der Waals surface area contributed by atoms with Crippen molar-refractivity contribution in [2.75, 3.05) is 11.4 Å². The van der Waals surface area contributed by atoms with Crippen LogP contribution in [0.15, 0.2) is 54.6 Å². The van der Waals surface area contributed by atoms with Crippen LogP contribution in [0.5, 0.6) is 11.5 Å². The number of benzene rings is 2. The van der Waals surface area contributed by atoms with Crippen LogP contribution >= 0.6 is 11.6 Å². The second kappa shape index (κ2) is 8.98. The van der Waals surface area contributed by atoms with Crippen molar-refractivity contribution in [2.24, 2.45) is 5.73 Å². The van der Waals surface area contributed by atoms with E-state index >= 15 is 0 Å². The molecule has 0 radical (unpaired) electrons. The molecule has 0 amide bonds. The first-order valence-electron chi connectivity index (χ1n) is 9.09. The van der Waals surface area contributed by atoms with Crippen molar-refractivity contribution < 1.29 is 24.5 Å². The third-order valence-electron chi connectivity index (χ3n) is 4.73. The molecule has 29 heavy (non-hydrogen) atoms. The van der Waals surface area contributed by atoms with Crippen LogP contribution < -0.4 is 15.4 Å². The predicted octanol–water partition coefficient (Wildman–Crippen LogP) is 3.83. The van der Waals surface area contributed by atoms with E-state index in [9.17, 15) is 9.59 Å². The molecule has 1 fully saturated rings. The Hall–Kier alpha value is -3.03. The lowest BCUT2D eigenvalue weighted by molar-refractivity contribution is -0.134. The third kappa shape index (κ3) is 4.88. The van der Waals surface area contributed by atoms with E-state index in [1.807, 2.05) is 36.4 Å². The van der Waals surface area contributed by atoms with Crippen LogP contribution in [0.1, 0.15) is 24.4 Å². The van der Waals surface area contributed by atoms with Crippen molar-refractivity contribution in [3.63, 3.8) is 0 Å². The van der Waals surface area contributed by atoms with Gasteiger partial charge in [-0.2, -0.15) is 0 Å². The Kier molecular flexibility index (Phi) is 6.41. The first-order valence-corrected chi connectivity index (χ1v) is 9.47. The second-order valence-electron chi connectivity index (χ2n) is 6.71. The number of nitrogens with two attached hydrogens (primary N) is 1. The van der Waals surface area contributed by atoms with Crippen LogP contribution in [0.2, 0.25) is 5.02 Å². The minimum Gasteiger partial charge on any atom is -0.478 e. The topological polar surface area (TPSA) is 113 Å². The molecular formula is C21H21ClN2O5. The van der Waals surface area contributed by atoms with Gasteiger partial charge in [-0.05, 0) is 37.1 Å². The van der Waals surface area contributed by atoms with E-state index < -0.39 is 11.9 Å². The zero-order valence-corrected chi connectivity index (χ0v) is 16.2. The van der Waals surface area contributed by atoms with Crippen molar-refractivity contribution in [2.45, 2.75) is 24.9 Å². The molecule has 2 aliphatic rings. The Morgan fingerprint density at radius 2 is 1.79 bits per heavy atom. The lowest BCUT2D eigenvalue weighted by Gasteiger charge is -2.40. The second-order valence-corrected chi connectivity index (χ2v) is 7.14. The number of rotatable bonds is 2. The highest BCUT2D eigenvalue weighted by Crippen LogP contribution is 2.47. The fraction of sp³-hybridized carbons (Fsp3) is 0.238. The number of fused-ring (bicyclic) bond motifs is 5. The summed E-state index contributed by atoms with van der Waals surface area (Å²) >= 11 is 6.20. The monoisotopic (exact) mass is 416 g/mol. The number of hydrogen-bond donors (Lipinski definition) is 3. The normalized spacial score (nSPS) is 19.6. The van der Waals surface area contributed by atoms with Gasteiger partial charge in [-0.25, -0.2) is 9.59 Å². The van der Waals surface area contributed by atoms with Crippen molar-refractivity contribution in [1.82, 2.24) is 0 Å². The van der Waals surface area contributed by atoms with E-state index in [0.29, 0.717) is 12.2 Å². The van der Waals surface area contributed by atoms with Crippen LogP contribution in [0, 0.1) is 0 Å². The summed E-state index contributed by atoms with van der Waals surface area (Å²) in [5.41, 5.74) is 8.64. The number of piperidine rings is 1. The number of halogens is 1. The maximum absolute atomic E-state index is 9.55. The van der Waals surface area contributed by atoms with Crippen molar-refractivity contribution >= 4 is 29.2 Å². The van der Waals surface area contributed by atoms with E-state index in [-0.39, 0.29) is 12.1 Å². The quantitative estimate of drug-likeness (QED) is 0.637. The summed E-state index contributed by atoms with van der Waals surface area (Å²) in [5.74, 6) is -0.769. The number of para-hydroxylation sites is 1. The fourth-order valence-corrected chi connectivity index (χ4v) is 3.74. The molecule has 1 saturated heterocycles. The maximum atomic E-state index is 9.55. The molecule has 2 aromatic carbocycles. The highest BCUT2D eigenvalue weighted by molar-refractivity contribution is 6.31. The molecule has 0 spiro atoms. The summed E-state index contributed by atoms with van der Waals surface area (Å²) in [6, 6.07) is 14.2. The van der Waals surface area contributed by atoms with Gasteiger partial charge in [-0.1, -0.05) is 29.8 Å². The summed E-state index contributed by atoms with van der Waals surface area (Å²) in [5, 5.41) is 16.3. The third-order valence-corrected chi connectivity index (χ3v) is 4.97. The van der Waals surface area contributed by atoms with Crippen molar-refractivity contribution in [3.8, 4) is 11.5 Å². The maximum Gasteiger partial charge on any atom is 0.328 e. The van der Waals surface area contributed by atoms with Crippen LogP contribution in [0.4, 0.5) is 5.69 Å². The van der Waals surface area contributed by atoms with Crippen LogP contribution in [-0.2, 0) is 9.59 Å². The first-order chi connectivity index (χ1) is 13.9. The minimum absolute atomic E-state index is 0.105. The van der Waals surface area contributed by atoms with E-state index in [1.165, 1.54) is 0 Å². The molecule has 4 N–H and O–H groups in total. The number of aliphatic carboxylic acids is 2. The standard InChI is InChI=1S/C17H17ClN2O.C4H4O4/c18-11-7-8-16-14(10-11)20-9-3-5-13(19)17(20)12-4-1-2-6-15(12)21-16;5-3(6)1-2-4(7)8/h1-2,4,6-8,10,13,17H,3,5,9,19H2;1-2H,(H,5,6)(H,7,8)/b;2-1-. The molecule has 2 aliphatic heterocycles. The van der Waals surface area contributed by atoms with E-state index in [0.717, 1.165) is 47.2 Å². The minimum atomic E-state index is -1.26. The molecule has 152 valence electrons. The molecule has 2 unspecified atom stereocenters. The van der Waals surface area contributed by atoms with Gasteiger partial charge in [0.15, 0.2) is 5.75 Å². The Labute approximate surface area is 173 Å². The summed E-state index contributed by atoms with van der Waals surface area (Å²) in [7, 11) is 0. The summed E-state index contributed by atoms with van der Waals surface area (Å²) in [4.78, 5) is 21.5.